The lowest BCUT2D eigenvalue weighted by Crippen LogP contribution is -2.32. The zero-order chi connectivity index (χ0) is 28.4. The minimum atomic E-state index is -4.14. The number of carbonyl (C=O) groups excluding carboxylic acids is 1. The normalized spacial score (nSPS) is 12.5. The van der Waals surface area contributed by atoms with Crippen molar-refractivity contribution < 1.29 is 22.7 Å². The van der Waals surface area contributed by atoms with Gasteiger partial charge < -0.3 is 20.5 Å². The lowest BCUT2D eigenvalue weighted by molar-refractivity contribution is -0.121. The van der Waals surface area contributed by atoms with E-state index in [1.165, 1.54) is 26.4 Å². The van der Waals surface area contributed by atoms with Gasteiger partial charge >= 0.3 is 0 Å². The third-order valence-corrected chi connectivity index (χ3v) is 7.40. The summed E-state index contributed by atoms with van der Waals surface area (Å²) in [6.45, 7) is 5.62. The number of hydrogen-bond acceptors (Lipinski definition) is 8. The van der Waals surface area contributed by atoms with Crippen molar-refractivity contribution in [1.29, 1.82) is 0 Å². The Morgan fingerprint density at radius 2 is 1.46 bits per heavy atom. The molecule has 4 aromatic rings. The molecule has 0 saturated carbocycles. The molecule has 0 aliphatic rings. The van der Waals surface area contributed by atoms with E-state index in [0.29, 0.717) is 33.8 Å². The van der Waals surface area contributed by atoms with Gasteiger partial charge in [0.1, 0.15) is 11.5 Å². The fraction of sp³-hybridized carbons (Fsp3) is 0.250. The highest BCUT2D eigenvalue weighted by molar-refractivity contribution is 7.92. The Bertz CT molecular complexity index is 1610. The molecule has 204 valence electrons. The summed E-state index contributed by atoms with van der Waals surface area (Å²) in [5, 5.41) is 3.13. The van der Waals surface area contributed by atoms with Crippen molar-refractivity contribution in [2.45, 2.75) is 31.6 Å². The summed E-state index contributed by atoms with van der Waals surface area (Å²) in [5.41, 5.74) is 7.28. The zero-order valence-electron chi connectivity index (χ0n) is 22.3. The highest BCUT2D eigenvalue weighted by Crippen LogP contribution is 2.36. The maximum atomic E-state index is 13.6. The van der Waals surface area contributed by atoms with Crippen LogP contribution in [0.1, 0.15) is 32.3 Å². The molecule has 1 amide bonds. The highest BCUT2D eigenvalue weighted by Gasteiger charge is 2.32. The number of nitrogens with zero attached hydrogens (tertiary/aromatic N) is 2. The fourth-order valence-corrected chi connectivity index (χ4v) is 5.38. The van der Waals surface area contributed by atoms with Crippen LogP contribution in [0.2, 0.25) is 0 Å². The Morgan fingerprint density at radius 1 is 0.872 bits per heavy atom. The lowest BCUT2D eigenvalue weighted by atomic mass is 9.76. The first kappa shape index (κ1) is 27.6. The molecule has 10 nitrogen and oxygen atoms in total. The van der Waals surface area contributed by atoms with Crippen LogP contribution in [-0.4, -0.2) is 38.5 Å². The molecule has 3 aromatic carbocycles. The van der Waals surface area contributed by atoms with Crippen LogP contribution < -0.4 is 25.2 Å². The van der Waals surface area contributed by atoms with Crippen molar-refractivity contribution in [3.8, 4) is 11.5 Å². The van der Waals surface area contributed by atoms with Crippen LogP contribution in [-0.2, 0) is 14.8 Å². The van der Waals surface area contributed by atoms with Gasteiger partial charge in [0.05, 0.1) is 36.1 Å². The summed E-state index contributed by atoms with van der Waals surface area (Å²) in [4.78, 5) is 21.4. The molecule has 4 N–H and O–H groups in total. The van der Waals surface area contributed by atoms with Gasteiger partial charge in [-0.1, -0.05) is 45.0 Å². The van der Waals surface area contributed by atoms with Crippen LogP contribution >= 0.6 is 0 Å². The van der Waals surface area contributed by atoms with Crippen molar-refractivity contribution in [1.82, 2.24) is 9.97 Å². The average Bonchev–Trinajstić information content (AvgIpc) is 2.87. The maximum Gasteiger partial charge on any atom is 0.263 e. The van der Waals surface area contributed by atoms with Crippen molar-refractivity contribution in [2.75, 3.05) is 24.3 Å². The third kappa shape index (κ3) is 6.20. The third-order valence-electron chi connectivity index (χ3n) is 6.07. The number of primary amides is 1. The maximum absolute atomic E-state index is 13.6. The van der Waals surface area contributed by atoms with Gasteiger partial charge in [0, 0.05) is 23.9 Å². The smallest absolute Gasteiger partial charge is 0.263 e. The van der Waals surface area contributed by atoms with E-state index in [1.54, 1.807) is 48.5 Å². The lowest BCUT2D eigenvalue weighted by Gasteiger charge is -2.28. The number of para-hydroxylation sites is 2. The molecule has 0 bridgehead atoms. The number of ether oxygens (including phenoxy) is 2. The number of rotatable bonds is 9. The van der Waals surface area contributed by atoms with Crippen molar-refractivity contribution >= 4 is 44.3 Å². The number of anilines is 3. The quantitative estimate of drug-likeness (QED) is 0.270. The minimum absolute atomic E-state index is 0.0110. The summed E-state index contributed by atoms with van der Waals surface area (Å²) < 4.78 is 40.4. The molecule has 39 heavy (non-hydrogen) atoms. The summed E-state index contributed by atoms with van der Waals surface area (Å²) in [5.74, 6) is 0.00961. The molecular weight excluding hydrogens is 518 g/mol. The predicted octanol–water partition coefficient (Wildman–Crippen LogP) is 4.81. The molecule has 0 saturated heterocycles. The highest BCUT2D eigenvalue weighted by atomic mass is 32.2. The first-order valence-corrected chi connectivity index (χ1v) is 13.6. The van der Waals surface area contributed by atoms with E-state index < -0.39 is 27.3 Å². The van der Waals surface area contributed by atoms with Gasteiger partial charge in [0.2, 0.25) is 5.91 Å². The predicted molar refractivity (Wildman–Crippen MR) is 151 cm³/mol. The van der Waals surface area contributed by atoms with Gasteiger partial charge in [0.15, 0.2) is 11.6 Å². The van der Waals surface area contributed by atoms with E-state index in [0.717, 1.165) is 0 Å². The number of aromatic nitrogens is 2. The van der Waals surface area contributed by atoms with Crippen LogP contribution in [0.15, 0.2) is 71.6 Å². The van der Waals surface area contributed by atoms with E-state index >= 15 is 0 Å². The van der Waals surface area contributed by atoms with Crippen LogP contribution in [0.4, 0.5) is 17.3 Å². The number of amides is 1. The van der Waals surface area contributed by atoms with Crippen molar-refractivity contribution in [3.05, 3.63) is 72.3 Å². The second-order valence-electron chi connectivity index (χ2n) is 10.0. The largest absolute Gasteiger partial charge is 0.497 e. The molecule has 1 unspecified atom stereocenters. The van der Waals surface area contributed by atoms with Crippen LogP contribution in [0.5, 0.6) is 11.5 Å². The fourth-order valence-electron chi connectivity index (χ4n) is 4.31. The second-order valence-corrected chi connectivity index (χ2v) is 11.7. The molecular formula is C28H31N5O5S. The molecule has 11 heteroatoms. The number of methoxy groups -OCH3 is 2. The monoisotopic (exact) mass is 549 g/mol. The topological polar surface area (TPSA) is 146 Å². The summed E-state index contributed by atoms with van der Waals surface area (Å²) in [6.07, 6.45) is 0. The Kier molecular flexibility index (Phi) is 7.64. The molecule has 0 aliphatic carbocycles. The zero-order valence-corrected chi connectivity index (χ0v) is 23.2. The molecule has 4 rings (SSSR count). The SMILES string of the molecule is COc1cc(Nc2nc3ccccc3nc2NS(=O)(=O)c2cccc(C(C(N)=O)C(C)(C)C)c2)cc(OC)c1. The first-order valence-electron chi connectivity index (χ1n) is 12.1. The van der Waals surface area contributed by atoms with Gasteiger partial charge in [-0.25, -0.2) is 18.4 Å². The van der Waals surface area contributed by atoms with E-state index in [-0.39, 0.29) is 16.5 Å². The molecule has 0 aliphatic heterocycles. The first-order chi connectivity index (χ1) is 18.4. The summed E-state index contributed by atoms with van der Waals surface area (Å²) in [7, 11) is -1.08. The van der Waals surface area contributed by atoms with E-state index in [2.05, 4.69) is 20.0 Å². The minimum Gasteiger partial charge on any atom is -0.497 e. The molecule has 0 fully saturated rings. The number of hydrogen-bond donors (Lipinski definition) is 3. The summed E-state index contributed by atoms with van der Waals surface area (Å²) in [6, 6.07) is 18.4. The number of sulfonamides is 1. The second kappa shape index (κ2) is 10.8. The average molecular weight is 550 g/mol. The Hall–Kier alpha value is -4.38. The Morgan fingerprint density at radius 3 is 2.00 bits per heavy atom. The van der Waals surface area contributed by atoms with Crippen molar-refractivity contribution in [2.24, 2.45) is 11.1 Å². The van der Waals surface area contributed by atoms with Crippen LogP contribution in [0, 0.1) is 5.41 Å². The van der Waals surface area contributed by atoms with Crippen LogP contribution in [0.3, 0.4) is 0 Å². The number of benzene rings is 3. The van der Waals surface area contributed by atoms with E-state index in [1.807, 2.05) is 26.8 Å². The number of nitrogens with two attached hydrogens (primary N) is 1. The number of fused-ring (bicyclic) bond motifs is 1. The van der Waals surface area contributed by atoms with Crippen molar-refractivity contribution in [3.63, 3.8) is 0 Å². The summed E-state index contributed by atoms with van der Waals surface area (Å²) >= 11 is 0. The molecule has 0 spiro atoms. The van der Waals surface area contributed by atoms with E-state index in [9.17, 15) is 13.2 Å². The number of nitrogens with one attached hydrogen (secondary N) is 2. The molecule has 1 aromatic heterocycles. The van der Waals surface area contributed by atoms with Gasteiger partial charge in [-0.15, -0.1) is 0 Å². The van der Waals surface area contributed by atoms with Crippen LogP contribution in [0.25, 0.3) is 11.0 Å². The molecule has 0 radical (unpaired) electrons. The molecule has 1 heterocycles. The Labute approximate surface area is 227 Å². The Balaban J connectivity index is 1.77. The van der Waals surface area contributed by atoms with Gasteiger partial charge in [0.25, 0.3) is 10.0 Å². The molecule has 1 atom stereocenters. The van der Waals surface area contributed by atoms with Gasteiger partial charge in [-0.2, -0.15) is 0 Å². The van der Waals surface area contributed by atoms with Gasteiger partial charge in [-0.3, -0.25) is 9.52 Å². The standard InChI is InChI=1S/C28H31N5O5S/c1-28(2,3)24(25(29)34)17-9-8-10-21(13-17)39(35,36)33-27-26(31-22-11-6-7-12-23(22)32-27)30-18-14-19(37-4)16-20(15-18)38-5/h6-16,24H,1-5H3,(H2,29,34)(H,30,31)(H,32,33). The number of carbonyl (C=O) groups is 1. The van der Waals surface area contributed by atoms with E-state index in [4.69, 9.17) is 15.2 Å². The van der Waals surface area contributed by atoms with Gasteiger partial charge in [-0.05, 0) is 35.2 Å².